The summed E-state index contributed by atoms with van der Waals surface area (Å²) in [7, 11) is 3.02. The lowest BCUT2D eigenvalue weighted by Crippen LogP contribution is -2.24. The molecule has 1 atom stereocenters. The molecule has 7 nitrogen and oxygen atoms in total. The van der Waals surface area contributed by atoms with Gasteiger partial charge in [-0.3, -0.25) is 4.79 Å². The number of carbonyl (C=O) groups excluding carboxylic acids is 1. The molecule has 2 aromatic carbocycles. The highest BCUT2D eigenvalue weighted by atomic mass is 19.4. The van der Waals surface area contributed by atoms with E-state index in [2.05, 4.69) is 10.1 Å². The summed E-state index contributed by atoms with van der Waals surface area (Å²) in [5, 5.41) is 3.81. The fourth-order valence-electron chi connectivity index (χ4n) is 3.47. The minimum absolute atomic E-state index is 0.0399. The van der Waals surface area contributed by atoms with Crippen molar-refractivity contribution in [2.75, 3.05) is 25.7 Å². The van der Waals surface area contributed by atoms with Gasteiger partial charge in [-0.05, 0) is 24.3 Å². The topological polar surface area (TPSA) is 77.7 Å². The standard InChI is InChI=1S/C21H18F3N3O4/c1-29-16-7-6-15(10-17(16)30-2)27-11-13(9-18(27)28)20-25-19(26-31-20)12-4-3-5-14(8-12)21(22,23)24/h3-8,10,13H,9,11H2,1-2H3/t13-/m0/s1. The van der Waals surface area contributed by atoms with Crippen molar-refractivity contribution in [1.29, 1.82) is 0 Å². The molecule has 162 valence electrons. The van der Waals surface area contributed by atoms with Gasteiger partial charge in [0.15, 0.2) is 11.5 Å². The predicted octanol–water partition coefficient (Wildman–Crippen LogP) is 4.29. The van der Waals surface area contributed by atoms with E-state index < -0.39 is 11.7 Å². The van der Waals surface area contributed by atoms with E-state index in [1.54, 1.807) is 23.1 Å². The van der Waals surface area contributed by atoms with Gasteiger partial charge in [-0.1, -0.05) is 17.3 Å². The van der Waals surface area contributed by atoms with E-state index in [-0.39, 0.29) is 35.5 Å². The van der Waals surface area contributed by atoms with Crippen LogP contribution in [0, 0.1) is 0 Å². The molecule has 1 fully saturated rings. The van der Waals surface area contributed by atoms with Crippen LogP contribution in [0.4, 0.5) is 18.9 Å². The first-order valence-electron chi connectivity index (χ1n) is 9.33. The minimum atomic E-state index is -4.47. The Morgan fingerprint density at radius 1 is 1.10 bits per heavy atom. The van der Waals surface area contributed by atoms with Gasteiger partial charge in [0.1, 0.15) is 0 Å². The zero-order valence-corrected chi connectivity index (χ0v) is 16.6. The van der Waals surface area contributed by atoms with Gasteiger partial charge < -0.3 is 18.9 Å². The third-order valence-electron chi connectivity index (χ3n) is 5.04. The number of benzene rings is 2. The summed E-state index contributed by atoms with van der Waals surface area (Å²) in [6.07, 6.45) is -4.33. The lowest BCUT2D eigenvalue weighted by Gasteiger charge is -2.18. The first kappa shape index (κ1) is 20.7. The molecule has 0 spiro atoms. The van der Waals surface area contributed by atoms with Gasteiger partial charge in [0.2, 0.25) is 17.6 Å². The van der Waals surface area contributed by atoms with Crippen molar-refractivity contribution >= 4 is 11.6 Å². The summed E-state index contributed by atoms with van der Waals surface area (Å²) >= 11 is 0. The Balaban J connectivity index is 1.55. The average Bonchev–Trinajstić information content (AvgIpc) is 3.40. The highest BCUT2D eigenvalue weighted by Gasteiger charge is 2.36. The van der Waals surface area contributed by atoms with Crippen LogP contribution >= 0.6 is 0 Å². The fraction of sp³-hybridized carbons (Fsp3) is 0.286. The number of amides is 1. The van der Waals surface area contributed by atoms with E-state index in [0.29, 0.717) is 23.7 Å². The molecule has 1 aromatic heterocycles. The second-order valence-electron chi connectivity index (χ2n) is 6.98. The quantitative estimate of drug-likeness (QED) is 0.597. The Morgan fingerprint density at radius 3 is 2.58 bits per heavy atom. The Hall–Kier alpha value is -3.56. The number of rotatable bonds is 5. The van der Waals surface area contributed by atoms with Crippen molar-refractivity contribution in [1.82, 2.24) is 10.1 Å². The molecule has 3 aromatic rings. The number of ether oxygens (including phenoxy) is 2. The maximum atomic E-state index is 13.0. The number of halogens is 3. The van der Waals surface area contributed by atoms with Gasteiger partial charge in [0, 0.05) is 30.3 Å². The van der Waals surface area contributed by atoms with Crippen LogP contribution < -0.4 is 14.4 Å². The second kappa shape index (κ2) is 7.93. The van der Waals surface area contributed by atoms with E-state index in [9.17, 15) is 18.0 Å². The third kappa shape index (κ3) is 4.05. The van der Waals surface area contributed by atoms with Crippen LogP contribution in [0.2, 0.25) is 0 Å². The van der Waals surface area contributed by atoms with Crippen LogP contribution in [-0.2, 0) is 11.0 Å². The summed E-state index contributed by atoms with van der Waals surface area (Å²) in [5.74, 6) is 0.739. The number of nitrogens with zero attached hydrogens (tertiary/aromatic N) is 3. The summed E-state index contributed by atoms with van der Waals surface area (Å²) < 4.78 is 54.7. The zero-order valence-electron chi connectivity index (χ0n) is 16.6. The number of aromatic nitrogens is 2. The molecule has 1 saturated heterocycles. The average molecular weight is 433 g/mol. The van der Waals surface area contributed by atoms with Crippen molar-refractivity contribution < 1.29 is 32.0 Å². The molecule has 10 heteroatoms. The molecule has 0 saturated carbocycles. The molecule has 0 aliphatic carbocycles. The van der Waals surface area contributed by atoms with E-state index in [1.807, 2.05) is 0 Å². The maximum Gasteiger partial charge on any atom is 0.416 e. The Morgan fingerprint density at radius 2 is 1.87 bits per heavy atom. The Labute approximate surface area is 175 Å². The van der Waals surface area contributed by atoms with E-state index >= 15 is 0 Å². The molecule has 31 heavy (non-hydrogen) atoms. The molecule has 0 bridgehead atoms. The molecule has 1 aliphatic heterocycles. The molecular weight excluding hydrogens is 415 g/mol. The number of methoxy groups -OCH3 is 2. The Kier molecular flexibility index (Phi) is 5.30. The molecule has 2 heterocycles. The number of hydrogen-bond acceptors (Lipinski definition) is 6. The van der Waals surface area contributed by atoms with Crippen molar-refractivity contribution in [3.8, 4) is 22.9 Å². The summed E-state index contributed by atoms with van der Waals surface area (Å²) in [6, 6.07) is 9.83. The van der Waals surface area contributed by atoms with Gasteiger partial charge in [-0.15, -0.1) is 0 Å². The van der Waals surface area contributed by atoms with E-state index in [0.717, 1.165) is 12.1 Å². The Bertz CT molecular complexity index is 1110. The molecular formula is C21H18F3N3O4. The van der Waals surface area contributed by atoms with Crippen LogP contribution in [0.15, 0.2) is 47.0 Å². The largest absolute Gasteiger partial charge is 0.493 e. The highest BCUT2D eigenvalue weighted by Crippen LogP contribution is 2.37. The van der Waals surface area contributed by atoms with Gasteiger partial charge in [-0.2, -0.15) is 18.2 Å². The minimum Gasteiger partial charge on any atom is -0.493 e. The van der Waals surface area contributed by atoms with Crippen molar-refractivity contribution in [2.24, 2.45) is 0 Å². The normalized spacial score (nSPS) is 16.6. The van der Waals surface area contributed by atoms with E-state index in [1.165, 1.54) is 26.4 Å². The number of carbonyl (C=O) groups is 1. The van der Waals surface area contributed by atoms with Crippen LogP contribution in [-0.4, -0.2) is 36.8 Å². The molecule has 4 rings (SSSR count). The number of anilines is 1. The fourth-order valence-corrected chi connectivity index (χ4v) is 3.47. The second-order valence-corrected chi connectivity index (χ2v) is 6.98. The van der Waals surface area contributed by atoms with Crippen LogP contribution in [0.5, 0.6) is 11.5 Å². The van der Waals surface area contributed by atoms with Crippen molar-refractivity contribution in [3.63, 3.8) is 0 Å². The molecule has 0 N–H and O–H groups in total. The van der Waals surface area contributed by atoms with Crippen LogP contribution in [0.25, 0.3) is 11.4 Å². The number of hydrogen-bond donors (Lipinski definition) is 0. The van der Waals surface area contributed by atoms with E-state index in [4.69, 9.17) is 14.0 Å². The SMILES string of the molecule is COc1ccc(N2C[C@@H](c3nc(-c4cccc(C(F)(F)F)c4)no3)CC2=O)cc1OC. The molecule has 0 radical (unpaired) electrons. The lowest BCUT2D eigenvalue weighted by atomic mass is 10.1. The van der Waals surface area contributed by atoms with Gasteiger partial charge >= 0.3 is 6.18 Å². The summed E-state index contributed by atoms with van der Waals surface area (Å²) in [6.45, 7) is 0.290. The molecule has 1 amide bonds. The van der Waals surface area contributed by atoms with Crippen molar-refractivity contribution in [3.05, 3.63) is 53.9 Å². The highest BCUT2D eigenvalue weighted by molar-refractivity contribution is 5.96. The first-order valence-corrected chi connectivity index (χ1v) is 9.33. The predicted molar refractivity (Wildman–Crippen MR) is 104 cm³/mol. The maximum absolute atomic E-state index is 13.0. The molecule has 1 aliphatic rings. The van der Waals surface area contributed by atoms with Crippen LogP contribution in [0.1, 0.15) is 23.8 Å². The monoisotopic (exact) mass is 433 g/mol. The van der Waals surface area contributed by atoms with Crippen LogP contribution in [0.3, 0.4) is 0 Å². The van der Waals surface area contributed by atoms with Gasteiger partial charge in [-0.25, -0.2) is 0 Å². The molecule has 0 unspecified atom stereocenters. The van der Waals surface area contributed by atoms with Gasteiger partial charge in [0.25, 0.3) is 0 Å². The smallest absolute Gasteiger partial charge is 0.416 e. The van der Waals surface area contributed by atoms with Gasteiger partial charge in [0.05, 0.1) is 25.7 Å². The zero-order chi connectivity index (χ0) is 22.2. The third-order valence-corrected chi connectivity index (χ3v) is 5.04. The summed E-state index contributed by atoms with van der Waals surface area (Å²) in [4.78, 5) is 18.4. The first-order chi connectivity index (χ1) is 14.8. The lowest BCUT2D eigenvalue weighted by molar-refractivity contribution is -0.137. The summed E-state index contributed by atoms with van der Waals surface area (Å²) in [5.41, 5.74) is 0.0145. The number of alkyl halides is 3. The van der Waals surface area contributed by atoms with Crippen molar-refractivity contribution in [2.45, 2.75) is 18.5 Å².